The monoisotopic (exact) mass is 341 g/mol. The second kappa shape index (κ2) is 6.01. The standard InChI is InChI=1S/C16H12BrN3O/c17-14-5-3-13(4-6-14)15-7-8-16(21)20(19-15)11-12-2-1-9-18-10-12/h1-10H,11H2. The molecule has 21 heavy (non-hydrogen) atoms. The topological polar surface area (TPSA) is 47.8 Å². The average Bonchev–Trinajstić information content (AvgIpc) is 2.51. The largest absolute Gasteiger partial charge is 0.268 e. The van der Waals surface area contributed by atoms with Crippen LogP contribution in [0.25, 0.3) is 11.3 Å². The highest BCUT2D eigenvalue weighted by molar-refractivity contribution is 9.10. The summed E-state index contributed by atoms with van der Waals surface area (Å²) in [7, 11) is 0. The predicted molar refractivity (Wildman–Crippen MR) is 85.0 cm³/mol. The van der Waals surface area contributed by atoms with Gasteiger partial charge in [0, 0.05) is 28.5 Å². The van der Waals surface area contributed by atoms with E-state index >= 15 is 0 Å². The fourth-order valence-corrected chi connectivity index (χ4v) is 2.27. The summed E-state index contributed by atoms with van der Waals surface area (Å²) in [4.78, 5) is 16.0. The minimum atomic E-state index is -0.125. The predicted octanol–water partition coefficient (Wildman–Crippen LogP) is 3.12. The Morgan fingerprint density at radius 1 is 1.05 bits per heavy atom. The SMILES string of the molecule is O=c1ccc(-c2ccc(Br)cc2)nn1Cc1cccnc1. The molecule has 0 aliphatic carbocycles. The first-order chi connectivity index (χ1) is 10.2. The number of rotatable bonds is 3. The molecule has 0 saturated heterocycles. The van der Waals surface area contributed by atoms with Crippen LogP contribution in [-0.4, -0.2) is 14.8 Å². The molecular formula is C16H12BrN3O. The molecular weight excluding hydrogens is 330 g/mol. The van der Waals surface area contributed by atoms with Crippen molar-refractivity contribution in [2.75, 3.05) is 0 Å². The number of hydrogen-bond donors (Lipinski definition) is 0. The van der Waals surface area contributed by atoms with Gasteiger partial charge in [-0.05, 0) is 29.8 Å². The van der Waals surface area contributed by atoms with Crippen molar-refractivity contribution in [2.45, 2.75) is 6.54 Å². The third-order valence-electron chi connectivity index (χ3n) is 3.06. The Kier molecular flexibility index (Phi) is 3.92. The van der Waals surface area contributed by atoms with Crippen LogP contribution in [-0.2, 0) is 6.54 Å². The van der Waals surface area contributed by atoms with Crippen LogP contribution in [0.15, 0.2) is 70.2 Å². The highest BCUT2D eigenvalue weighted by atomic mass is 79.9. The van der Waals surface area contributed by atoms with Crippen LogP contribution in [0.3, 0.4) is 0 Å². The van der Waals surface area contributed by atoms with E-state index in [9.17, 15) is 4.79 Å². The minimum absolute atomic E-state index is 0.125. The Bertz CT molecular complexity index is 798. The van der Waals surface area contributed by atoms with Crippen molar-refractivity contribution < 1.29 is 0 Å². The summed E-state index contributed by atoms with van der Waals surface area (Å²) < 4.78 is 2.46. The van der Waals surface area contributed by atoms with E-state index in [1.807, 2.05) is 36.4 Å². The number of hydrogen-bond acceptors (Lipinski definition) is 3. The maximum atomic E-state index is 11.9. The van der Waals surface area contributed by atoms with Crippen molar-refractivity contribution in [3.05, 3.63) is 81.3 Å². The van der Waals surface area contributed by atoms with Crippen LogP contribution in [0.5, 0.6) is 0 Å². The summed E-state index contributed by atoms with van der Waals surface area (Å²) in [5, 5.41) is 4.43. The summed E-state index contributed by atoms with van der Waals surface area (Å²) in [6.45, 7) is 0.414. The van der Waals surface area contributed by atoms with Crippen molar-refractivity contribution in [3.8, 4) is 11.3 Å². The molecule has 4 nitrogen and oxygen atoms in total. The van der Waals surface area contributed by atoms with E-state index in [1.165, 1.54) is 4.68 Å². The Balaban J connectivity index is 1.96. The summed E-state index contributed by atoms with van der Waals surface area (Å²) in [5.41, 5.74) is 2.56. The van der Waals surface area contributed by atoms with Gasteiger partial charge in [0.05, 0.1) is 12.2 Å². The van der Waals surface area contributed by atoms with Crippen LogP contribution in [0.2, 0.25) is 0 Å². The Morgan fingerprint density at radius 3 is 2.57 bits per heavy atom. The van der Waals surface area contributed by atoms with E-state index in [4.69, 9.17) is 0 Å². The second-order valence-electron chi connectivity index (χ2n) is 4.58. The lowest BCUT2D eigenvalue weighted by molar-refractivity contribution is 0.641. The molecule has 104 valence electrons. The molecule has 0 atom stereocenters. The van der Waals surface area contributed by atoms with Crippen molar-refractivity contribution in [3.63, 3.8) is 0 Å². The molecule has 0 bridgehead atoms. The highest BCUT2D eigenvalue weighted by Gasteiger charge is 2.04. The first-order valence-corrected chi connectivity index (χ1v) is 7.25. The zero-order valence-electron chi connectivity index (χ0n) is 11.1. The van der Waals surface area contributed by atoms with Gasteiger partial charge in [-0.15, -0.1) is 0 Å². The molecule has 0 radical (unpaired) electrons. The maximum absolute atomic E-state index is 11.9. The van der Waals surface area contributed by atoms with E-state index in [0.717, 1.165) is 21.3 Å². The number of benzene rings is 1. The zero-order chi connectivity index (χ0) is 14.7. The highest BCUT2D eigenvalue weighted by Crippen LogP contribution is 2.18. The van der Waals surface area contributed by atoms with Crippen molar-refractivity contribution in [2.24, 2.45) is 0 Å². The summed E-state index contributed by atoms with van der Waals surface area (Å²) in [5.74, 6) is 0. The van der Waals surface area contributed by atoms with E-state index in [2.05, 4.69) is 26.0 Å². The van der Waals surface area contributed by atoms with Gasteiger partial charge in [-0.2, -0.15) is 5.10 Å². The quantitative estimate of drug-likeness (QED) is 0.735. The third-order valence-corrected chi connectivity index (χ3v) is 3.59. The molecule has 3 rings (SSSR count). The molecule has 0 fully saturated rings. The molecule has 0 aliphatic rings. The number of nitrogens with zero attached hydrogens (tertiary/aromatic N) is 3. The maximum Gasteiger partial charge on any atom is 0.267 e. The van der Waals surface area contributed by atoms with E-state index in [-0.39, 0.29) is 5.56 Å². The molecule has 0 N–H and O–H groups in total. The van der Waals surface area contributed by atoms with Crippen LogP contribution in [0, 0.1) is 0 Å². The lowest BCUT2D eigenvalue weighted by Crippen LogP contribution is -2.22. The van der Waals surface area contributed by atoms with Crippen LogP contribution < -0.4 is 5.56 Å². The molecule has 2 aromatic heterocycles. The van der Waals surface area contributed by atoms with Gasteiger partial charge < -0.3 is 0 Å². The van der Waals surface area contributed by atoms with Crippen LogP contribution >= 0.6 is 15.9 Å². The fraction of sp³-hybridized carbons (Fsp3) is 0.0625. The van der Waals surface area contributed by atoms with Gasteiger partial charge in [0.1, 0.15) is 0 Å². The van der Waals surface area contributed by atoms with E-state index < -0.39 is 0 Å². The van der Waals surface area contributed by atoms with Crippen molar-refractivity contribution in [1.82, 2.24) is 14.8 Å². The zero-order valence-corrected chi connectivity index (χ0v) is 12.7. The van der Waals surface area contributed by atoms with Gasteiger partial charge in [0.15, 0.2) is 0 Å². The lowest BCUT2D eigenvalue weighted by atomic mass is 10.1. The van der Waals surface area contributed by atoms with Crippen molar-refractivity contribution in [1.29, 1.82) is 0 Å². The van der Waals surface area contributed by atoms with Crippen LogP contribution in [0.4, 0.5) is 0 Å². The Hall–Kier alpha value is -2.27. The van der Waals surface area contributed by atoms with Gasteiger partial charge in [-0.3, -0.25) is 9.78 Å². The van der Waals surface area contributed by atoms with Crippen molar-refractivity contribution >= 4 is 15.9 Å². The summed E-state index contributed by atoms with van der Waals surface area (Å²) in [6, 6.07) is 14.9. The molecule has 5 heteroatoms. The molecule has 0 spiro atoms. The van der Waals surface area contributed by atoms with E-state index in [0.29, 0.717) is 6.54 Å². The Labute approximate surface area is 130 Å². The molecule has 3 aromatic rings. The van der Waals surface area contributed by atoms with Gasteiger partial charge in [0.2, 0.25) is 0 Å². The number of aromatic nitrogens is 3. The van der Waals surface area contributed by atoms with E-state index in [1.54, 1.807) is 24.5 Å². The summed E-state index contributed by atoms with van der Waals surface area (Å²) in [6.07, 6.45) is 3.44. The van der Waals surface area contributed by atoms with Gasteiger partial charge in [0.25, 0.3) is 5.56 Å². The minimum Gasteiger partial charge on any atom is -0.268 e. The normalized spacial score (nSPS) is 10.5. The smallest absolute Gasteiger partial charge is 0.267 e. The molecule has 0 unspecified atom stereocenters. The average molecular weight is 342 g/mol. The molecule has 0 saturated carbocycles. The molecule has 2 heterocycles. The lowest BCUT2D eigenvalue weighted by Gasteiger charge is -2.07. The number of pyridine rings is 1. The third kappa shape index (κ3) is 3.25. The van der Waals surface area contributed by atoms with Gasteiger partial charge in [-0.1, -0.05) is 34.1 Å². The second-order valence-corrected chi connectivity index (χ2v) is 5.50. The first kappa shape index (κ1) is 13.7. The summed E-state index contributed by atoms with van der Waals surface area (Å²) >= 11 is 3.41. The van der Waals surface area contributed by atoms with Gasteiger partial charge >= 0.3 is 0 Å². The molecule has 0 aliphatic heterocycles. The van der Waals surface area contributed by atoms with Crippen LogP contribution in [0.1, 0.15) is 5.56 Å². The number of halogens is 1. The first-order valence-electron chi connectivity index (χ1n) is 6.45. The fourth-order valence-electron chi connectivity index (χ4n) is 2.00. The van der Waals surface area contributed by atoms with Gasteiger partial charge in [-0.25, -0.2) is 4.68 Å². The molecule has 0 amide bonds. The Morgan fingerprint density at radius 2 is 1.86 bits per heavy atom. The molecule has 1 aromatic carbocycles.